The summed E-state index contributed by atoms with van der Waals surface area (Å²) in [6, 6.07) is -4.80. The topological polar surface area (TPSA) is 541 Å². The Hall–Kier alpha value is -3.42. The number of carboxylic acid groups (broad SMARTS) is 1. The number of aliphatic hydroxyl groups is 16. The average Bonchev–Trinajstić information content (AvgIpc) is 0.759. The fourth-order valence-corrected chi connectivity index (χ4v) is 14.0. The number of rotatable bonds is 50. The van der Waals surface area contributed by atoms with Crippen LogP contribution in [-0.4, -0.2) is 321 Å². The third-order valence-corrected chi connectivity index (χ3v) is 20.1. The summed E-state index contributed by atoms with van der Waals surface area (Å²) in [4.78, 5) is 52.9. The Kier molecular flexibility index (Phi) is 42.5. The van der Waals surface area contributed by atoms with Gasteiger partial charge in [0.2, 0.25) is 17.7 Å². The van der Waals surface area contributed by atoms with E-state index < -0.39 is 235 Å². The molecule has 0 bridgehead atoms. The first-order chi connectivity index (χ1) is 50.3. The molecule has 3 amide bonds. The quantitative estimate of drug-likeness (QED) is 0.0235. The van der Waals surface area contributed by atoms with E-state index in [-0.39, 0.29) is 12.3 Å². The molecule has 0 saturated carbocycles. The molecule has 612 valence electrons. The van der Waals surface area contributed by atoms with Crippen molar-refractivity contribution < 1.29 is 153 Å². The van der Waals surface area contributed by atoms with Gasteiger partial charge in [0.25, 0.3) is 5.79 Å². The van der Waals surface area contributed by atoms with Crippen LogP contribution in [-0.2, 0) is 66.5 Å². The Bertz CT molecular complexity index is 2460. The van der Waals surface area contributed by atoms with Crippen LogP contribution in [0.2, 0.25) is 0 Å². The van der Waals surface area contributed by atoms with Gasteiger partial charge in [0.05, 0.1) is 63.9 Å². The molecule has 34 heteroatoms. The van der Waals surface area contributed by atoms with E-state index in [9.17, 15) is 106 Å². The van der Waals surface area contributed by atoms with Gasteiger partial charge in [-0.25, -0.2) is 4.79 Å². The van der Waals surface area contributed by atoms with E-state index in [0.29, 0.717) is 12.8 Å². The minimum atomic E-state index is -3.38. The molecular weight excluding hydrogens is 1390 g/mol. The highest BCUT2D eigenvalue weighted by molar-refractivity contribution is 5.77. The number of carbonyl (C=O) groups is 4. The fourth-order valence-electron chi connectivity index (χ4n) is 14.0. The lowest BCUT2D eigenvalue weighted by molar-refractivity contribution is -0.403. The van der Waals surface area contributed by atoms with Crippen molar-refractivity contribution in [3.05, 3.63) is 12.2 Å². The van der Waals surface area contributed by atoms with Gasteiger partial charge in [0.15, 0.2) is 25.2 Å². The van der Waals surface area contributed by atoms with Gasteiger partial charge in [-0.05, 0) is 19.3 Å². The minimum absolute atomic E-state index is 0.134. The van der Waals surface area contributed by atoms with Crippen molar-refractivity contribution >= 4 is 23.7 Å². The van der Waals surface area contributed by atoms with Crippen LogP contribution in [0, 0.1) is 0 Å². The van der Waals surface area contributed by atoms with Gasteiger partial charge in [0.1, 0.15) is 116 Å². The van der Waals surface area contributed by atoms with Gasteiger partial charge in [-0.1, -0.05) is 167 Å². The summed E-state index contributed by atoms with van der Waals surface area (Å²) < 4.78 is 60.0. The minimum Gasteiger partial charge on any atom is -0.477 e. The molecular formula is C71H127N3O31. The molecule has 5 saturated heterocycles. The maximum atomic E-state index is 13.8. The second-order valence-electron chi connectivity index (χ2n) is 28.6. The van der Waals surface area contributed by atoms with Gasteiger partial charge < -0.3 is 150 Å². The summed E-state index contributed by atoms with van der Waals surface area (Å²) >= 11 is 0. The van der Waals surface area contributed by atoms with E-state index in [1.54, 1.807) is 0 Å². The number of amides is 3. The van der Waals surface area contributed by atoms with E-state index in [0.717, 1.165) is 71.6 Å². The van der Waals surface area contributed by atoms with Crippen LogP contribution in [0.4, 0.5) is 0 Å². The molecule has 105 heavy (non-hydrogen) atoms. The molecule has 28 atom stereocenters. The maximum absolute atomic E-state index is 13.8. The molecule has 0 radical (unpaired) electrons. The first kappa shape index (κ1) is 92.2. The lowest BCUT2D eigenvalue weighted by Gasteiger charge is -2.52. The molecule has 0 spiro atoms. The number of ether oxygens (including phenoxy) is 10. The molecule has 0 unspecified atom stereocenters. The summed E-state index contributed by atoms with van der Waals surface area (Å²) in [5.41, 5.74) is 0. The Labute approximate surface area is 614 Å². The zero-order valence-corrected chi connectivity index (χ0v) is 61.4. The molecule has 0 aromatic carbocycles. The first-order valence-electron chi connectivity index (χ1n) is 38.1. The van der Waals surface area contributed by atoms with Gasteiger partial charge in [-0.2, -0.15) is 0 Å². The van der Waals surface area contributed by atoms with Crippen LogP contribution in [0.25, 0.3) is 0 Å². The van der Waals surface area contributed by atoms with Crippen molar-refractivity contribution in [1.82, 2.24) is 16.0 Å². The van der Waals surface area contributed by atoms with Gasteiger partial charge in [-0.15, -0.1) is 0 Å². The number of aliphatic carboxylic acids is 1. The van der Waals surface area contributed by atoms with Crippen LogP contribution >= 0.6 is 0 Å². The van der Waals surface area contributed by atoms with Crippen molar-refractivity contribution in [1.29, 1.82) is 0 Å². The fraction of sp³-hybridized carbons (Fsp3) is 0.915. The third-order valence-electron chi connectivity index (χ3n) is 20.1. The second kappa shape index (κ2) is 48.4. The summed E-state index contributed by atoms with van der Waals surface area (Å²) in [6.07, 6.45) is -19.5. The molecule has 5 rings (SSSR count). The van der Waals surface area contributed by atoms with Crippen molar-refractivity contribution in [2.45, 2.75) is 372 Å². The number of nitrogens with one attached hydrogen (secondary N) is 3. The second-order valence-corrected chi connectivity index (χ2v) is 28.6. The summed E-state index contributed by atoms with van der Waals surface area (Å²) in [5, 5.41) is 197. The normalized spacial score (nSPS) is 35.0. The average molecular weight is 1520 g/mol. The largest absolute Gasteiger partial charge is 0.477 e. The number of carboxylic acids is 1. The summed E-state index contributed by atoms with van der Waals surface area (Å²) in [7, 11) is 0. The highest BCUT2D eigenvalue weighted by Gasteiger charge is 2.62. The molecule has 5 heterocycles. The smallest absolute Gasteiger partial charge is 0.364 e. The predicted octanol–water partition coefficient (Wildman–Crippen LogP) is -1.82. The molecule has 0 aliphatic carbocycles. The number of allylic oxidation sites excluding steroid dienone is 1. The zero-order chi connectivity index (χ0) is 77.3. The Balaban J connectivity index is 1.41. The molecule has 5 fully saturated rings. The Morgan fingerprint density at radius 2 is 0.943 bits per heavy atom. The van der Waals surface area contributed by atoms with Crippen LogP contribution in [0.5, 0.6) is 0 Å². The lowest BCUT2D eigenvalue weighted by Crippen LogP contribution is -2.72. The van der Waals surface area contributed by atoms with Crippen LogP contribution in [0.3, 0.4) is 0 Å². The van der Waals surface area contributed by atoms with Crippen LogP contribution in [0.15, 0.2) is 12.2 Å². The van der Waals surface area contributed by atoms with Crippen molar-refractivity contribution in [3.8, 4) is 0 Å². The predicted molar refractivity (Wildman–Crippen MR) is 369 cm³/mol. The van der Waals surface area contributed by atoms with Crippen molar-refractivity contribution in [2.24, 2.45) is 0 Å². The van der Waals surface area contributed by atoms with E-state index in [2.05, 4.69) is 29.8 Å². The lowest BCUT2D eigenvalue weighted by atomic mass is 9.88. The molecule has 5 aliphatic heterocycles. The molecule has 34 nitrogen and oxygen atoms in total. The summed E-state index contributed by atoms with van der Waals surface area (Å²) in [5.74, 6) is -7.71. The number of hydrogen-bond donors (Lipinski definition) is 20. The molecule has 5 aliphatic rings. The van der Waals surface area contributed by atoms with Crippen LogP contribution < -0.4 is 16.0 Å². The first-order valence-corrected chi connectivity index (χ1v) is 38.1. The van der Waals surface area contributed by atoms with Crippen LogP contribution in [0.1, 0.15) is 201 Å². The number of unbranched alkanes of at least 4 members (excludes halogenated alkanes) is 23. The van der Waals surface area contributed by atoms with E-state index in [1.165, 1.54) is 96.0 Å². The van der Waals surface area contributed by atoms with E-state index in [1.807, 2.05) is 6.08 Å². The molecule has 0 aromatic rings. The number of carbonyl (C=O) groups excluding carboxylic acids is 3. The van der Waals surface area contributed by atoms with E-state index >= 15 is 0 Å². The number of aliphatic hydroxyl groups excluding tert-OH is 16. The monoisotopic (exact) mass is 1520 g/mol. The third kappa shape index (κ3) is 28.1. The Morgan fingerprint density at radius 3 is 1.47 bits per heavy atom. The highest BCUT2D eigenvalue weighted by atomic mass is 16.8. The van der Waals surface area contributed by atoms with Gasteiger partial charge >= 0.3 is 5.97 Å². The SMILES string of the molecule is CCCCCCCCCCCCC/C=C/[C@@H](O)[C@H](CO[C@@H]1O[C@H](CO)[C@@H](O[C@@H]2O[C@H](CO)[C@H](O[C@@H]3O[C@H](CO)[C@H](O)[C@H](O[C@@H]4O[C@H](CO)[C@H](O)[C@H](O)[C@H]4O)[C@H]3NC(C)=O)[C@H](O[C@]3(C(=O)O)C[C@H](O)[C@@H](NC(C)=O)[C@H]([C@H](O)[C@H](O)CO)O3)[C@H]2O)[C@H](O)[C@H]1O)NC(=O)CCCCCCCCCCCCCCC. The zero-order valence-electron chi connectivity index (χ0n) is 61.4. The highest BCUT2D eigenvalue weighted by Crippen LogP contribution is 2.41. The molecule has 0 aromatic heterocycles. The van der Waals surface area contributed by atoms with Crippen molar-refractivity contribution in [3.63, 3.8) is 0 Å². The Morgan fingerprint density at radius 1 is 0.495 bits per heavy atom. The summed E-state index contributed by atoms with van der Waals surface area (Å²) in [6.45, 7) is 0.299. The number of hydrogen-bond acceptors (Lipinski definition) is 30. The maximum Gasteiger partial charge on any atom is 0.364 e. The van der Waals surface area contributed by atoms with Crippen molar-refractivity contribution in [2.75, 3.05) is 39.6 Å². The van der Waals surface area contributed by atoms with Gasteiger partial charge in [0, 0.05) is 26.7 Å². The standard InChI is InChI=1S/C71H127N3O31/c1-5-7-9-11-13-15-17-19-21-23-25-27-29-31-43(82)42(74-50(85)32-30-28-26-24-22-20-18-16-14-12-10-8-6-2)39-96-67-59(92)57(90)61(48(37-78)99-67)101-69-60(93)65(105-71(70(94)95)33-44(83)51(72-40(3)80)64(104-71)53(86)45(84)34-75)62(49(38-79)100-69)102-66-52(73-41(4)81)63(55(88)47(36-77)97-66)103-68-58(91)56(89)54(87)46(35-76)98-68/h29,31,42-49,51-69,75-79,82-84,86-93H,5-28,30,32-39H2,1-4H3,(H,72,80)(H,73,81)(H,74,85)(H,94,95)/b31-29+/t42-,43+,44-,45+,46+,47+,48+,49+,51+,52+,53+,54-,55-,56-,57+,58+,59+,60+,61+,62-,63+,64+,65+,66-,67+,68-,69-,71-/m0/s1. The van der Waals surface area contributed by atoms with Gasteiger partial charge in [-0.3, -0.25) is 14.4 Å². The molecule has 20 N–H and O–H groups in total. The van der Waals surface area contributed by atoms with E-state index in [4.69, 9.17) is 47.4 Å².